The quantitative estimate of drug-likeness (QED) is 0.565. The summed E-state index contributed by atoms with van der Waals surface area (Å²) in [7, 11) is 0. The molecular weight excluding hydrogens is 198 g/mol. The number of phenolic OH excluding ortho intramolecular Hbond substituents is 1. The van der Waals surface area contributed by atoms with Gasteiger partial charge in [0, 0.05) is 18.7 Å². The number of phenols is 1. The minimum absolute atomic E-state index is 0.269. The Labute approximate surface area is 97.0 Å². The van der Waals surface area contributed by atoms with Crippen molar-refractivity contribution >= 4 is 5.70 Å². The van der Waals surface area contributed by atoms with E-state index in [2.05, 4.69) is 17.8 Å². The van der Waals surface area contributed by atoms with Crippen molar-refractivity contribution in [1.29, 1.82) is 0 Å². The van der Waals surface area contributed by atoms with Crippen LogP contribution in [0.4, 0.5) is 0 Å². The molecule has 0 atom stereocenters. The Morgan fingerprint density at radius 3 is 2.62 bits per heavy atom. The molecule has 2 N–H and O–H groups in total. The van der Waals surface area contributed by atoms with Crippen LogP contribution in [0.1, 0.15) is 24.8 Å². The minimum atomic E-state index is 0.269. The molecule has 2 heteroatoms. The molecule has 2 nitrogen and oxygen atoms in total. The van der Waals surface area contributed by atoms with Crippen LogP contribution in [0.15, 0.2) is 30.8 Å². The average molecular weight is 215 g/mol. The van der Waals surface area contributed by atoms with Crippen LogP contribution >= 0.6 is 0 Å². The summed E-state index contributed by atoms with van der Waals surface area (Å²) in [4.78, 5) is 0. The van der Waals surface area contributed by atoms with E-state index < -0.39 is 0 Å². The Kier molecular flexibility index (Phi) is 5.01. The van der Waals surface area contributed by atoms with Gasteiger partial charge in [0.1, 0.15) is 5.75 Å². The number of rotatable bonds is 6. The van der Waals surface area contributed by atoms with Gasteiger partial charge in [0.05, 0.1) is 0 Å². The lowest BCUT2D eigenvalue weighted by atomic mass is 10.1. The molecule has 0 radical (unpaired) electrons. The number of benzene rings is 1. The van der Waals surface area contributed by atoms with Crippen molar-refractivity contribution in [2.45, 2.75) is 19.3 Å². The predicted molar refractivity (Wildman–Crippen MR) is 67.8 cm³/mol. The number of nitrogens with one attached hydrogen (secondary N) is 1. The van der Waals surface area contributed by atoms with Crippen LogP contribution in [-0.2, 0) is 0 Å². The summed E-state index contributed by atoms with van der Waals surface area (Å²) in [5.41, 5.74) is 1.87. The summed E-state index contributed by atoms with van der Waals surface area (Å²) in [6.45, 7) is 4.82. The molecule has 0 aliphatic heterocycles. The van der Waals surface area contributed by atoms with Crippen LogP contribution in [0.3, 0.4) is 0 Å². The highest BCUT2D eigenvalue weighted by atomic mass is 16.3. The molecule has 0 spiro atoms. The van der Waals surface area contributed by atoms with E-state index in [-0.39, 0.29) is 5.75 Å². The van der Waals surface area contributed by atoms with E-state index in [4.69, 9.17) is 11.5 Å². The second-order valence-electron chi connectivity index (χ2n) is 3.61. The van der Waals surface area contributed by atoms with Gasteiger partial charge < -0.3 is 10.4 Å². The molecule has 0 aliphatic carbocycles. The molecule has 0 fully saturated rings. The molecule has 0 heterocycles. The number of hydrogen-bond acceptors (Lipinski definition) is 2. The molecule has 0 amide bonds. The monoisotopic (exact) mass is 215 g/mol. The Bertz CT molecular complexity index is 373. The Morgan fingerprint density at radius 1 is 1.31 bits per heavy atom. The summed E-state index contributed by atoms with van der Waals surface area (Å²) in [6.07, 6.45) is 8.07. The zero-order valence-corrected chi connectivity index (χ0v) is 9.37. The van der Waals surface area contributed by atoms with Crippen LogP contribution in [0.2, 0.25) is 0 Å². The molecule has 0 bridgehead atoms. The second-order valence-corrected chi connectivity index (χ2v) is 3.61. The van der Waals surface area contributed by atoms with Gasteiger partial charge in [0.25, 0.3) is 0 Å². The Morgan fingerprint density at radius 2 is 2.00 bits per heavy atom. The minimum Gasteiger partial charge on any atom is -0.508 e. The Hall–Kier alpha value is -1.88. The standard InChI is InChI=1S/C14H17NO/c1-3-4-5-6-11-15-12(2)13-7-9-14(16)10-8-13/h1,7-10,15-16H,2,4-6,11H2. The van der Waals surface area contributed by atoms with Crippen LogP contribution in [0.25, 0.3) is 5.70 Å². The lowest BCUT2D eigenvalue weighted by Gasteiger charge is -2.09. The first-order chi connectivity index (χ1) is 7.74. The maximum atomic E-state index is 9.14. The number of hydrogen-bond donors (Lipinski definition) is 2. The predicted octanol–water partition coefficient (Wildman–Crippen LogP) is 2.76. The highest BCUT2D eigenvalue weighted by molar-refractivity contribution is 5.62. The number of terminal acetylenes is 1. The summed E-state index contributed by atoms with van der Waals surface area (Å²) >= 11 is 0. The van der Waals surface area contributed by atoms with E-state index in [1.807, 2.05) is 12.1 Å². The number of unbranched alkanes of at least 4 members (excludes halogenated alkanes) is 2. The average Bonchev–Trinajstić information content (AvgIpc) is 2.29. The smallest absolute Gasteiger partial charge is 0.115 e. The fourth-order valence-corrected chi connectivity index (χ4v) is 1.36. The lowest BCUT2D eigenvalue weighted by Crippen LogP contribution is -2.12. The van der Waals surface area contributed by atoms with Gasteiger partial charge in [-0.3, -0.25) is 0 Å². The maximum absolute atomic E-state index is 9.14. The molecular formula is C14H17NO. The molecule has 0 aliphatic rings. The summed E-state index contributed by atoms with van der Waals surface area (Å²) < 4.78 is 0. The third-order valence-corrected chi connectivity index (χ3v) is 2.30. The van der Waals surface area contributed by atoms with Gasteiger partial charge >= 0.3 is 0 Å². The zero-order chi connectivity index (χ0) is 11.8. The fourth-order valence-electron chi connectivity index (χ4n) is 1.36. The van der Waals surface area contributed by atoms with E-state index in [0.29, 0.717) is 0 Å². The van der Waals surface area contributed by atoms with Gasteiger partial charge in [-0.15, -0.1) is 12.3 Å². The van der Waals surface area contributed by atoms with E-state index in [0.717, 1.165) is 37.1 Å². The Balaban J connectivity index is 2.30. The van der Waals surface area contributed by atoms with Crippen molar-refractivity contribution in [2.75, 3.05) is 6.54 Å². The van der Waals surface area contributed by atoms with Crippen molar-refractivity contribution < 1.29 is 5.11 Å². The van der Waals surface area contributed by atoms with Crippen LogP contribution in [-0.4, -0.2) is 11.7 Å². The van der Waals surface area contributed by atoms with Gasteiger partial charge in [-0.25, -0.2) is 0 Å². The van der Waals surface area contributed by atoms with E-state index in [1.165, 1.54) is 0 Å². The normalized spacial score (nSPS) is 9.44. The molecule has 1 aromatic carbocycles. The third kappa shape index (κ3) is 4.10. The van der Waals surface area contributed by atoms with Gasteiger partial charge in [-0.05, 0) is 42.7 Å². The molecule has 1 aromatic rings. The largest absolute Gasteiger partial charge is 0.508 e. The number of aromatic hydroxyl groups is 1. The van der Waals surface area contributed by atoms with E-state index >= 15 is 0 Å². The van der Waals surface area contributed by atoms with Crippen molar-refractivity contribution in [3.8, 4) is 18.1 Å². The topological polar surface area (TPSA) is 32.3 Å². The summed E-state index contributed by atoms with van der Waals surface area (Å²) in [5, 5.41) is 12.4. The SMILES string of the molecule is C#CCCCCNC(=C)c1ccc(O)cc1. The molecule has 84 valence electrons. The van der Waals surface area contributed by atoms with Gasteiger partial charge in [-0.1, -0.05) is 6.58 Å². The molecule has 16 heavy (non-hydrogen) atoms. The first-order valence-corrected chi connectivity index (χ1v) is 5.39. The maximum Gasteiger partial charge on any atom is 0.115 e. The van der Waals surface area contributed by atoms with Gasteiger partial charge in [0.2, 0.25) is 0 Å². The molecule has 0 saturated heterocycles. The fraction of sp³-hybridized carbons (Fsp3) is 0.286. The molecule has 0 unspecified atom stereocenters. The first-order valence-electron chi connectivity index (χ1n) is 5.39. The van der Waals surface area contributed by atoms with Gasteiger partial charge in [0.15, 0.2) is 0 Å². The van der Waals surface area contributed by atoms with E-state index in [9.17, 15) is 0 Å². The van der Waals surface area contributed by atoms with Crippen molar-refractivity contribution in [3.05, 3.63) is 36.4 Å². The molecule has 0 aromatic heterocycles. The zero-order valence-electron chi connectivity index (χ0n) is 9.37. The third-order valence-electron chi connectivity index (χ3n) is 2.30. The lowest BCUT2D eigenvalue weighted by molar-refractivity contribution is 0.475. The van der Waals surface area contributed by atoms with Crippen molar-refractivity contribution in [3.63, 3.8) is 0 Å². The second kappa shape index (κ2) is 6.58. The molecule has 0 saturated carbocycles. The molecule has 1 rings (SSSR count). The van der Waals surface area contributed by atoms with Crippen molar-refractivity contribution in [1.82, 2.24) is 5.32 Å². The van der Waals surface area contributed by atoms with Crippen LogP contribution in [0.5, 0.6) is 5.75 Å². The van der Waals surface area contributed by atoms with Crippen LogP contribution < -0.4 is 5.32 Å². The van der Waals surface area contributed by atoms with E-state index in [1.54, 1.807) is 12.1 Å². The summed E-state index contributed by atoms with van der Waals surface area (Å²) in [5.74, 6) is 2.88. The highest BCUT2D eigenvalue weighted by Gasteiger charge is 1.97. The highest BCUT2D eigenvalue weighted by Crippen LogP contribution is 2.14. The summed E-state index contributed by atoms with van der Waals surface area (Å²) in [6, 6.07) is 6.99. The first kappa shape index (κ1) is 12.2. The van der Waals surface area contributed by atoms with Crippen molar-refractivity contribution in [2.24, 2.45) is 0 Å². The van der Waals surface area contributed by atoms with Gasteiger partial charge in [-0.2, -0.15) is 0 Å². The van der Waals surface area contributed by atoms with Crippen LogP contribution in [0, 0.1) is 12.3 Å².